The van der Waals surface area contributed by atoms with E-state index < -0.39 is 0 Å². The van der Waals surface area contributed by atoms with Gasteiger partial charge in [0.15, 0.2) is 0 Å². The van der Waals surface area contributed by atoms with Gasteiger partial charge in [-0.15, -0.1) is 10.2 Å². The van der Waals surface area contributed by atoms with Gasteiger partial charge in [0, 0.05) is 16.4 Å². The van der Waals surface area contributed by atoms with E-state index >= 15 is 0 Å². The molecule has 1 aromatic heterocycles. The number of nitrogens with zero attached hydrogens (tertiary/aromatic N) is 3. The average Bonchev–Trinajstić information content (AvgIpc) is 3.28. The van der Waals surface area contributed by atoms with E-state index in [0.717, 1.165) is 39.2 Å². The lowest BCUT2D eigenvalue weighted by Gasteiger charge is -2.22. The number of thioether (sulfide) groups is 1. The molecule has 0 aliphatic heterocycles. The molecule has 0 bridgehead atoms. The number of ether oxygens (including phenoxy) is 2. The van der Waals surface area contributed by atoms with Gasteiger partial charge >= 0.3 is 0 Å². The van der Waals surface area contributed by atoms with Crippen LogP contribution in [0.5, 0.6) is 11.5 Å². The minimum absolute atomic E-state index is 0.553. The van der Waals surface area contributed by atoms with Gasteiger partial charge in [-0.05, 0) is 73.2 Å². The van der Waals surface area contributed by atoms with E-state index in [2.05, 4.69) is 24.0 Å². The van der Waals surface area contributed by atoms with Crippen LogP contribution in [-0.4, -0.2) is 34.7 Å². The van der Waals surface area contributed by atoms with Crippen molar-refractivity contribution in [1.29, 1.82) is 0 Å². The minimum Gasteiger partial charge on any atom is -0.497 e. The highest BCUT2D eigenvalue weighted by atomic mass is 32.2. The molecular weight excluding hydrogens is 406 g/mol. The molecule has 0 saturated heterocycles. The van der Waals surface area contributed by atoms with Crippen LogP contribution in [0.3, 0.4) is 0 Å². The number of rotatable bonds is 7. The number of hydrogen-bond donors (Lipinski definition) is 0. The first-order valence-corrected chi connectivity index (χ1v) is 11.7. The summed E-state index contributed by atoms with van der Waals surface area (Å²) in [5, 5.41) is 10.5. The summed E-state index contributed by atoms with van der Waals surface area (Å²) < 4.78 is 10.6. The molecule has 1 saturated carbocycles. The minimum atomic E-state index is 0.553. The fourth-order valence-corrected chi connectivity index (χ4v) is 5.67. The maximum Gasteiger partial charge on any atom is 0.209 e. The number of benzene rings is 2. The largest absolute Gasteiger partial charge is 0.497 e. The first kappa shape index (κ1) is 21.6. The van der Waals surface area contributed by atoms with Crippen molar-refractivity contribution < 1.29 is 9.47 Å². The molecule has 1 aliphatic carbocycles. The zero-order valence-corrected chi connectivity index (χ0v) is 19.4. The van der Waals surface area contributed by atoms with Gasteiger partial charge in [-0.1, -0.05) is 32.0 Å². The molecule has 1 fully saturated rings. The molecule has 2 aromatic carbocycles. The summed E-state index contributed by atoms with van der Waals surface area (Å²) in [7, 11) is 3.34. The van der Waals surface area contributed by atoms with E-state index in [-0.39, 0.29) is 0 Å². The zero-order valence-electron chi connectivity index (χ0n) is 18.5. The van der Waals surface area contributed by atoms with Crippen LogP contribution in [0.2, 0.25) is 0 Å². The van der Waals surface area contributed by atoms with Gasteiger partial charge in [0.1, 0.15) is 22.9 Å². The molecule has 0 radical (unpaired) electrons. The van der Waals surface area contributed by atoms with Gasteiger partial charge in [-0.25, -0.2) is 4.98 Å². The Hall–Kier alpha value is -2.60. The lowest BCUT2D eigenvalue weighted by atomic mass is 9.94. The van der Waals surface area contributed by atoms with Gasteiger partial charge in [0.05, 0.1) is 14.2 Å². The van der Waals surface area contributed by atoms with Crippen LogP contribution in [0, 0.1) is 11.8 Å². The highest BCUT2D eigenvalue weighted by Crippen LogP contribution is 2.42. The zero-order chi connectivity index (χ0) is 21.8. The van der Waals surface area contributed by atoms with E-state index in [1.807, 2.05) is 48.5 Å². The lowest BCUT2D eigenvalue weighted by Crippen LogP contribution is -2.16. The van der Waals surface area contributed by atoms with Crippen molar-refractivity contribution in [2.45, 2.75) is 43.5 Å². The topological polar surface area (TPSA) is 57.1 Å². The molecule has 0 amide bonds. The molecular formula is C25H29N3O2S. The molecule has 2 unspecified atom stereocenters. The number of methoxy groups -OCH3 is 2. The average molecular weight is 436 g/mol. The Morgan fingerprint density at radius 2 is 1.39 bits per heavy atom. The van der Waals surface area contributed by atoms with E-state index in [4.69, 9.17) is 14.5 Å². The summed E-state index contributed by atoms with van der Waals surface area (Å²) in [5.41, 5.74) is 3.56. The Bertz CT molecular complexity index is 1010. The second-order valence-corrected chi connectivity index (χ2v) is 9.45. The maximum atomic E-state index is 5.33. The summed E-state index contributed by atoms with van der Waals surface area (Å²) in [6.45, 7) is 4.64. The third-order valence-electron chi connectivity index (χ3n) is 6.01. The molecule has 31 heavy (non-hydrogen) atoms. The van der Waals surface area contributed by atoms with Gasteiger partial charge < -0.3 is 9.47 Å². The summed E-state index contributed by atoms with van der Waals surface area (Å²) >= 11 is 1.78. The Morgan fingerprint density at radius 3 is 1.94 bits per heavy atom. The van der Waals surface area contributed by atoms with Crippen LogP contribution < -0.4 is 9.47 Å². The molecule has 4 rings (SSSR count). The second kappa shape index (κ2) is 9.69. The third-order valence-corrected chi connectivity index (χ3v) is 7.28. The molecule has 1 aliphatic rings. The van der Waals surface area contributed by atoms with Crippen molar-refractivity contribution in [2.24, 2.45) is 11.8 Å². The maximum absolute atomic E-state index is 5.33. The predicted octanol–water partition coefficient (Wildman–Crippen LogP) is 6.14. The molecule has 2 atom stereocenters. The van der Waals surface area contributed by atoms with Crippen molar-refractivity contribution >= 4 is 11.8 Å². The molecule has 1 heterocycles. The first-order chi connectivity index (χ1) is 15.1. The Balaban J connectivity index is 1.72. The smallest absolute Gasteiger partial charge is 0.209 e. The predicted molar refractivity (Wildman–Crippen MR) is 126 cm³/mol. The van der Waals surface area contributed by atoms with Gasteiger partial charge in [-0.3, -0.25) is 0 Å². The van der Waals surface area contributed by atoms with Crippen molar-refractivity contribution in [3.63, 3.8) is 0 Å². The highest BCUT2D eigenvalue weighted by molar-refractivity contribution is 7.99. The first-order valence-electron chi connectivity index (χ1n) is 10.8. The summed E-state index contributed by atoms with van der Waals surface area (Å²) in [6, 6.07) is 15.8. The van der Waals surface area contributed by atoms with Crippen LogP contribution in [0.25, 0.3) is 22.5 Å². The van der Waals surface area contributed by atoms with Crippen LogP contribution in [-0.2, 0) is 0 Å². The molecule has 162 valence electrons. The summed E-state index contributed by atoms with van der Waals surface area (Å²) in [5.74, 6) is 3.01. The number of aromatic nitrogens is 3. The Morgan fingerprint density at radius 1 is 0.806 bits per heavy atom. The normalized spacial score (nSPS) is 18.4. The third kappa shape index (κ3) is 4.85. The monoisotopic (exact) mass is 435 g/mol. The second-order valence-electron chi connectivity index (χ2n) is 8.24. The Labute approximate surface area is 188 Å². The Kier molecular flexibility index (Phi) is 6.76. The van der Waals surface area contributed by atoms with E-state index in [0.29, 0.717) is 17.1 Å². The van der Waals surface area contributed by atoms with Crippen molar-refractivity contribution in [3.8, 4) is 34.0 Å². The fourth-order valence-electron chi connectivity index (χ4n) is 4.25. The highest BCUT2D eigenvalue weighted by Gasteiger charge is 2.31. The quantitative estimate of drug-likeness (QED) is 0.444. The lowest BCUT2D eigenvalue weighted by molar-refractivity contribution is 0.404. The fraction of sp³-hybridized carbons (Fsp3) is 0.400. The van der Waals surface area contributed by atoms with Crippen LogP contribution in [0.4, 0.5) is 0 Å². The van der Waals surface area contributed by atoms with Crippen LogP contribution in [0.15, 0.2) is 53.7 Å². The van der Waals surface area contributed by atoms with E-state index in [1.165, 1.54) is 19.3 Å². The standard InChI is InChI=1S/C25H29N3O2S/c1-16(2)21-6-5-7-22(21)31-25-26-23(17-8-12-19(29-3)13-9-17)24(27-28-25)18-10-14-20(30-4)15-11-18/h8-16,21-22H,5-7H2,1-4H3. The molecule has 3 aromatic rings. The molecule has 5 nitrogen and oxygen atoms in total. The molecule has 0 N–H and O–H groups in total. The van der Waals surface area contributed by atoms with Gasteiger partial charge in [-0.2, -0.15) is 0 Å². The van der Waals surface area contributed by atoms with Gasteiger partial charge in [0.25, 0.3) is 0 Å². The number of hydrogen-bond acceptors (Lipinski definition) is 6. The van der Waals surface area contributed by atoms with Crippen LogP contribution in [0.1, 0.15) is 33.1 Å². The van der Waals surface area contributed by atoms with Crippen molar-refractivity contribution in [2.75, 3.05) is 14.2 Å². The van der Waals surface area contributed by atoms with E-state index in [1.54, 1.807) is 26.0 Å². The van der Waals surface area contributed by atoms with E-state index in [9.17, 15) is 0 Å². The summed E-state index contributed by atoms with van der Waals surface area (Å²) in [4.78, 5) is 4.99. The molecule has 6 heteroatoms. The SMILES string of the molecule is COc1ccc(-c2nnc(SC3CCCC3C(C)C)nc2-c2ccc(OC)cc2)cc1. The van der Waals surface area contributed by atoms with Crippen LogP contribution >= 0.6 is 11.8 Å². The molecule has 0 spiro atoms. The summed E-state index contributed by atoms with van der Waals surface area (Å²) in [6.07, 6.45) is 3.79. The van der Waals surface area contributed by atoms with Crippen molar-refractivity contribution in [3.05, 3.63) is 48.5 Å². The van der Waals surface area contributed by atoms with Crippen molar-refractivity contribution in [1.82, 2.24) is 15.2 Å². The van der Waals surface area contributed by atoms with Gasteiger partial charge in [0.2, 0.25) is 5.16 Å².